The van der Waals surface area contributed by atoms with Crippen molar-refractivity contribution in [2.75, 3.05) is 32.8 Å². The lowest BCUT2D eigenvalue weighted by Crippen LogP contribution is -2.44. The van der Waals surface area contributed by atoms with Gasteiger partial charge < -0.3 is 10.1 Å². The van der Waals surface area contributed by atoms with Crippen molar-refractivity contribution in [1.82, 2.24) is 10.2 Å². The molecular formula is C15H22N2O2. The molecule has 1 aliphatic rings. The van der Waals surface area contributed by atoms with E-state index in [1.807, 2.05) is 18.2 Å². The Morgan fingerprint density at radius 1 is 1.42 bits per heavy atom. The molecule has 1 N–H and O–H groups in total. The Kier molecular flexibility index (Phi) is 5.36. The molecule has 0 aliphatic carbocycles. The second kappa shape index (κ2) is 7.26. The number of hydrogen-bond acceptors (Lipinski definition) is 3. The van der Waals surface area contributed by atoms with Crippen molar-refractivity contribution in [2.45, 2.75) is 19.4 Å². The van der Waals surface area contributed by atoms with E-state index in [2.05, 4.69) is 29.3 Å². The molecule has 104 valence electrons. The van der Waals surface area contributed by atoms with Gasteiger partial charge in [-0.05, 0) is 12.0 Å². The summed E-state index contributed by atoms with van der Waals surface area (Å²) in [6.07, 6.45) is 1.05. The maximum atomic E-state index is 11.7. The van der Waals surface area contributed by atoms with Crippen LogP contribution in [0, 0.1) is 0 Å². The smallest absolute Gasteiger partial charge is 0.234 e. The van der Waals surface area contributed by atoms with Gasteiger partial charge in [0.05, 0.1) is 19.3 Å². The van der Waals surface area contributed by atoms with Gasteiger partial charge in [0.2, 0.25) is 5.91 Å². The van der Waals surface area contributed by atoms with Crippen LogP contribution in [0.5, 0.6) is 0 Å². The molecular weight excluding hydrogens is 240 g/mol. The Balaban J connectivity index is 1.85. The Morgan fingerprint density at radius 3 is 2.95 bits per heavy atom. The van der Waals surface area contributed by atoms with E-state index in [4.69, 9.17) is 4.74 Å². The normalized spacial score (nSPS) is 20.2. The Hall–Kier alpha value is -1.39. The van der Waals surface area contributed by atoms with E-state index in [-0.39, 0.29) is 12.0 Å². The van der Waals surface area contributed by atoms with Crippen LogP contribution in [0.25, 0.3) is 0 Å². The monoisotopic (exact) mass is 262 g/mol. The van der Waals surface area contributed by atoms with Gasteiger partial charge in [0.15, 0.2) is 0 Å². The van der Waals surface area contributed by atoms with Gasteiger partial charge in [-0.3, -0.25) is 9.69 Å². The maximum absolute atomic E-state index is 11.7. The molecule has 1 amide bonds. The molecule has 0 saturated carbocycles. The van der Waals surface area contributed by atoms with E-state index < -0.39 is 0 Å². The summed E-state index contributed by atoms with van der Waals surface area (Å²) >= 11 is 0. The standard InChI is InChI=1S/C15H22N2O2/c1-2-8-16-15(18)12-17-9-10-19-14(11-17)13-6-4-3-5-7-13/h3-7,14H,2,8-12H2,1H3,(H,16,18)/t14-/m0/s1. The second-order valence-corrected chi connectivity index (χ2v) is 4.86. The molecule has 1 saturated heterocycles. The number of nitrogens with zero attached hydrogens (tertiary/aromatic N) is 1. The van der Waals surface area contributed by atoms with Crippen LogP contribution < -0.4 is 5.32 Å². The quantitative estimate of drug-likeness (QED) is 0.876. The van der Waals surface area contributed by atoms with Gasteiger partial charge in [0.25, 0.3) is 0 Å². The number of rotatable bonds is 5. The van der Waals surface area contributed by atoms with E-state index >= 15 is 0 Å². The highest BCUT2D eigenvalue weighted by atomic mass is 16.5. The molecule has 0 radical (unpaired) electrons. The number of benzene rings is 1. The SMILES string of the molecule is CCCNC(=O)CN1CCO[C@H](c2ccccc2)C1. The van der Waals surface area contributed by atoms with Crippen LogP contribution in [0.2, 0.25) is 0 Å². The molecule has 0 aromatic heterocycles. The third-order valence-corrected chi connectivity index (χ3v) is 3.26. The van der Waals surface area contributed by atoms with Gasteiger partial charge in [-0.2, -0.15) is 0 Å². The average molecular weight is 262 g/mol. The van der Waals surface area contributed by atoms with Crippen LogP contribution in [0.3, 0.4) is 0 Å². The van der Waals surface area contributed by atoms with E-state index in [1.54, 1.807) is 0 Å². The summed E-state index contributed by atoms with van der Waals surface area (Å²) < 4.78 is 5.78. The van der Waals surface area contributed by atoms with E-state index in [0.717, 1.165) is 26.1 Å². The Labute approximate surface area is 114 Å². The average Bonchev–Trinajstić information content (AvgIpc) is 2.46. The third kappa shape index (κ3) is 4.33. The van der Waals surface area contributed by atoms with Gasteiger partial charge >= 0.3 is 0 Å². The van der Waals surface area contributed by atoms with Crippen LogP contribution >= 0.6 is 0 Å². The van der Waals surface area contributed by atoms with Crippen molar-refractivity contribution >= 4 is 5.91 Å². The van der Waals surface area contributed by atoms with Crippen molar-refractivity contribution < 1.29 is 9.53 Å². The van der Waals surface area contributed by atoms with Crippen LogP contribution in [-0.2, 0) is 9.53 Å². The highest BCUT2D eigenvalue weighted by Gasteiger charge is 2.22. The number of amides is 1. The zero-order valence-corrected chi connectivity index (χ0v) is 11.5. The highest BCUT2D eigenvalue weighted by molar-refractivity contribution is 5.77. The van der Waals surface area contributed by atoms with Crippen molar-refractivity contribution in [3.63, 3.8) is 0 Å². The lowest BCUT2D eigenvalue weighted by atomic mass is 10.1. The molecule has 1 aromatic carbocycles. The second-order valence-electron chi connectivity index (χ2n) is 4.86. The van der Waals surface area contributed by atoms with Crippen molar-refractivity contribution in [1.29, 1.82) is 0 Å². The number of hydrogen-bond donors (Lipinski definition) is 1. The lowest BCUT2D eigenvalue weighted by molar-refractivity contribution is -0.124. The van der Waals surface area contributed by atoms with E-state index in [9.17, 15) is 4.79 Å². The summed E-state index contributed by atoms with van der Waals surface area (Å²) in [5, 5.41) is 2.91. The zero-order chi connectivity index (χ0) is 13.5. The van der Waals surface area contributed by atoms with E-state index in [1.165, 1.54) is 5.56 Å². The first kappa shape index (κ1) is 14.0. The summed E-state index contributed by atoms with van der Waals surface area (Å²) in [6, 6.07) is 10.2. The zero-order valence-electron chi connectivity index (χ0n) is 11.5. The van der Waals surface area contributed by atoms with Crippen LogP contribution in [0.1, 0.15) is 25.0 Å². The maximum Gasteiger partial charge on any atom is 0.234 e. The number of carbonyl (C=O) groups is 1. The fourth-order valence-corrected chi connectivity index (χ4v) is 2.24. The third-order valence-electron chi connectivity index (χ3n) is 3.26. The summed E-state index contributed by atoms with van der Waals surface area (Å²) in [5.41, 5.74) is 1.18. The van der Waals surface area contributed by atoms with Gasteiger partial charge in [0, 0.05) is 19.6 Å². The van der Waals surface area contributed by atoms with E-state index in [0.29, 0.717) is 13.2 Å². The predicted molar refractivity (Wildman–Crippen MR) is 74.9 cm³/mol. The fourth-order valence-electron chi connectivity index (χ4n) is 2.24. The molecule has 1 atom stereocenters. The summed E-state index contributed by atoms with van der Waals surface area (Å²) in [6.45, 7) is 5.56. The summed E-state index contributed by atoms with van der Waals surface area (Å²) in [4.78, 5) is 13.9. The molecule has 19 heavy (non-hydrogen) atoms. The number of ether oxygens (including phenoxy) is 1. The van der Waals surface area contributed by atoms with Gasteiger partial charge in [-0.15, -0.1) is 0 Å². The first-order chi connectivity index (χ1) is 9.29. The van der Waals surface area contributed by atoms with Crippen LogP contribution in [0.4, 0.5) is 0 Å². The largest absolute Gasteiger partial charge is 0.371 e. The fraction of sp³-hybridized carbons (Fsp3) is 0.533. The molecule has 0 bridgehead atoms. The van der Waals surface area contributed by atoms with Gasteiger partial charge in [0.1, 0.15) is 0 Å². The summed E-state index contributed by atoms with van der Waals surface area (Å²) in [7, 11) is 0. The van der Waals surface area contributed by atoms with Gasteiger partial charge in [-0.25, -0.2) is 0 Å². The van der Waals surface area contributed by atoms with Crippen molar-refractivity contribution in [3.05, 3.63) is 35.9 Å². The minimum absolute atomic E-state index is 0.0777. The van der Waals surface area contributed by atoms with Crippen LogP contribution in [-0.4, -0.2) is 43.6 Å². The van der Waals surface area contributed by atoms with Crippen molar-refractivity contribution in [3.8, 4) is 0 Å². The minimum atomic E-state index is 0.0777. The number of carbonyl (C=O) groups excluding carboxylic acids is 1. The molecule has 4 nitrogen and oxygen atoms in total. The highest BCUT2D eigenvalue weighted by Crippen LogP contribution is 2.21. The molecule has 1 heterocycles. The number of nitrogens with one attached hydrogen (secondary N) is 1. The minimum Gasteiger partial charge on any atom is -0.371 e. The molecule has 1 aliphatic heterocycles. The number of morpholine rings is 1. The first-order valence-corrected chi connectivity index (χ1v) is 6.95. The van der Waals surface area contributed by atoms with Crippen molar-refractivity contribution in [2.24, 2.45) is 0 Å². The lowest BCUT2D eigenvalue weighted by Gasteiger charge is -2.32. The molecule has 4 heteroatoms. The Morgan fingerprint density at radius 2 is 2.21 bits per heavy atom. The predicted octanol–water partition coefficient (Wildman–Crippen LogP) is 1.59. The topological polar surface area (TPSA) is 41.6 Å². The summed E-state index contributed by atoms with van der Waals surface area (Å²) in [5.74, 6) is 0.107. The molecule has 1 fully saturated rings. The van der Waals surface area contributed by atoms with Crippen LogP contribution in [0.15, 0.2) is 30.3 Å². The Bertz CT molecular complexity index is 394. The first-order valence-electron chi connectivity index (χ1n) is 6.95. The molecule has 0 spiro atoms. The van der Waals surface area contributed by atoms with Gasteiger partial charge in [-0.1, -0.05) is 37.3 Å². The molecule has 1 aromatic rings. The molecule has 0 unspecified atom stereocenters. The molecule has 2 rings (SSSR count).